The minimum Gasteiger partial charge on any atom is -0.248 e. The normalized spacial score (nSPS) is 12.2. The summed E-state index contributed by atoms with van der Waals surface area (Å²) in [4.78, 5) is 5.28. The van der Waals surface area contributed by atoms with Crippen molar-refractivity contribution in [3.63, 3.8) is 0 Å². The molecule has 0 bridgehead atoms. The number of hydrogen-bond donors (Lipinski definition) is 0. The molecular formula is C37H21N. The number of nitrogens with zero attached hydrogens (tertiary/aromatic N) is 1. The first-order chi connectivity index (χ1) is 18.8. The molecule has 0 aliphatic carbocycles. The lowest BCUT2D eigenvalue weighted by atomic mass is 9.90. The molecular weight excluding hydrogens is 458 g/mol. The average Bonchev–Trinajstić information content (AvgIpc) is 2.98. The van der Waals surface area contributed by atoms with Crippen LogP contribution >= 0.6 is 0 Å². The second-order valence-corrected chi connectivity index (χ2v) is 10.3. The Morgan fingerprint density at radius 3 is 1.08 bits per heavy atom. The van der Waals surface area contributed by atoms with Crippen LogP contribution in [0.1, 0.15) is 0 Å². The van der Waals surface area contributed by atoms with Gasteiger partial charge in [-0.2, -0.15) is 0 Å². The lowest BCUT2D eigenvalue weighted by molar-refractivity contribution is 1.34. The van der Waals surface area contributed by atoms with E-state index in [1.165, 1.54) is 75.8 Å². The molecule has 0 saturated heterocycles. The van der Waals surface area contributed by atoms with Gasteiger partial charge in [0.15, 0.2) is 0 Å². The standard InChI is InChI=1S/C37H21N/c1-4-22-10-12-26-14-18-28(30-20-16-24(6-1)34(22)36(26)30)32-8-3-9-33(38-32)29-19-15-27-13-11-23-5-2-7-25-17-21-31(29)37(27)35(23)25/h1-21H. The zero-order valence-electron chi connectivity index (χ0n) is 20.6. The molecule has 0 N–H and O–H groups in total. The minimum atomic E-state index is 1.01. The van der Waals surface area contributed by atoms with Gasteiger partial charge in [0.2, 0.25) is 0 Å². The molecule has 0 atom stereocenters. The van der Waals surface area contributed by atoms with E-state index in [0.717, 1.165) is 11.4 Å². The van der Waals surface area contributed by atoms with Crippen LogP contribution in [0.5, 0.6) is 0 Å². The third-order valence-corrected chi connectivity index (χ3v) is 8.36. The molecule has 1 heteroatoms. The SMILES string of the molecule is c1cc(-c2ccc3ccc4cccc5ccc2c3c45)nc(-c2ccc3ccc4cccc5ccc2c3c45)c1. The van der Waals surface area contributed by atoms with Crippen LogP contribution in [0.4, 0.5) is 0 Å². The minimum absolute atomic E-state index is 1.01. The van der Waals surface area contributed by atoms with Crippen LogP contribution in [0.15, 0.2) is 127 Å². The smallest absolute Gasteiger partial charge is 0.0715 e. The summed E-state index contributed by atoms with van der Waals surface area (Å²) in [6.07, 6.45) is 0. The zero-order valence-corrected chi connectivity index (χ0v) is 20.6. The average molecular weight is 480 g/mol. The molecule has 38 heavy (non-hydrogen) atoms. The molecule has 1 aromatic heterocycles. The fourth-order valence-electron chi connectivity index (χ4n) is 6.65. The number of rotatable bonds is 2. The van der Waals surface area contributed by atoms with E-state index in [1.54, 1.807) is 0 Å². The van der Waals surface area contributed by atoms with E-state index in [-0.39, 0.29) is 0 Å². The molecule has 8 aromatic carbocycles. The van der Waals surface area contributed by atoms with Crippen molar-refractivity contribution in [3.05, 3.63) is 127 Å². The largest absolute Gasteiger partial charge is 0.248 e. The van der Waals surface area contributed by atoms with Crippen molar-refractivity contribution in [1.29, 1.82) is 0 Å². The van der Waals surface area contributed by atoms with Crippen molar-refractivity contribution in [3.8, 4) is 22.5 Å². The quantitative estimate of drug-likeness (QED) is 0.225. The summed E-state index contributed by atoms with van der Waals surface area (Å²) in [6.45, 7) is 0. The molecule has 1 nitrogen and oxygen atoms in total. The van der Waals surface area contributed by atoms with Crippen LogP contribution in [0, 0.1) is 0 Å². The van der Waals surface area contributed by atoms with E-state index in [0.29, 0.717) is 0 Å². The lowest BCUT2D eigenvalue weighted by Crippen LogP contribution is -1.92. The number of aromatic nitrogens is 1. The Balaban J connectivity index is 1.30. The first-order valence-corrected chi connectivity index (χ1v) is 13.1. The van der Waals surface area contributed by atoms with E-state index < -0.39 is 0 Å². The second kappa shape index (κ2) is 7.27. The molecule has 0 aliphatic heterocycles. The highest BCUT2D eigenvalue weighted by Crippen LogP contribution is 2.41. The van der Waals surface area contributed by atoms with Gasteiger partial charge in [0.25, 0.3) is 0 Å². The lowest BCUT2D eigenvalue weighted by Gasteiger charge is -2.15. The van der Waals surface area contributed by atoms with Gasteiger partial charge in [-0.25, -0.2) is 4.98 Å². The predicted molar refractivity (Wildman–Crippen MR) is 163 cm³/mol. The van der Waals surface area contributed by atoms with Crippen LogP contribution < -0.4 is 0 Å². The molecule has 9 aromatic rings. The first kappa shape index (κ1) is 20.1. The van der Waals surface area contributed by atoms with Crippen LogP contribution in [0.3, 0.4) is 0 Å². The van der Waals surface area contributed by atoms with Gasteiger partial charge in [0, 0.05) is 11.1 Å². The summed E-state index contributed by atoms with van der Waals surface area (Å²) in [5.41, 5.74) is 4.36. The Morgan fingerprint density at radius 1 is 0.289 bits per heavy atom. The first-order valence-electron chi connectivity index (χ1n) is 13.1. The Labute approximate surface area is 219 Å². The van der Waals surface area contributed by atoms with Gasteiger partial charge >= 0.3 is 0 Å². The molecule has 0 saturated carbocycles. The molecule has 0 unspecified atom stereocenters. The van der Waals surface area contributed by atoms with Crippen molar-refractivity contribution in [2.45, 2.75) is 0 Å². The monoisotopic (exact) mass is 479 g/mol. The molecule has 0 amide bonds. The molecule has 9 rings (SSSR count). The van der Waals surface area contributed by atoms with E-state index in [4.69, 9.17) is 4.98 Å². The predicted octanol–water partition coefficient (Wildman–Crippen LogP) is 10.2. The van der Waals surface area contributed by atoms with Crippen LogP contribution in [-0.4, -0.2) is 4.98 Å². The number of hydrogen-bond acceptors (Lipinski definition) is 1. The van der Waals surface area contributed by atoms with Crippen molar-refractivity contribution in [2.75, 3.05) is 0 Å². The summed E-state index contributed by atoms with van der Waals surface area (Å²) in [6, 6.07) is 46.5. The summed E-state index contributed by atoms with van der Waals surface area (Å²) >= 11 is 0. The van der Waals surface area contributed by atoms with E-state index >= 15 is 0 Å². The maximum absolute atomic E-state index is 5.28. The third-order valence-electron chi connectivity index (χ3n) is 8.36. The van der Waals surface area contributed by atoms with E-state index in [9.17, 15) is 0 Å². The molecule has 0 radical (unpaired) electrons. The molecule has 0 spiro atoms. The van der Waals surface area contributed by atoms with Crippen molar-refractivity contribution < 1.29 is 0 Å². The molecule has 1 heterocycles. The highest BCUT2D eigenvalue weighted by Gasteiger charge is 2.15. The van der Waals surface area contributed by atoms with Crippen molar-refractivity contribution in [2.24, 2.45) is 0 Å². The van der Waals surface area contributed by atoms with Crippen LogP contribution in [-0.2, 0) is 0 Å². The van der Waals surface area contributed by atoms with Crippen molar-refractivity contribution in [1.82, 2.24) is 4.98 Å². The van der Waals surface area contributed by atoms with Gasteiger partial charge < -0.3 is 0 Å². The van der Waals surface area contributed by atoms with Gasteiger partial charge in [-0.05, 0) is 76.8 Å². The maximum atomic E-state index is 5.28. The van der Waals surface area contributed by atoms with Gasteiger partial charge in [-0.3, -0.25) is 0 Å². The van der Waals surface area contributed by atoms with Gasteiger partial charge in [-0.15, -0.1) is 0 Å². The van der Waals surface area contributed by atoms with Gasteiger partial charge in [0.05, 0.1) is 11.4 Å². The van der Waals surface area contributed by atoms with Gasteiger partial charge in [0.1, 0.15) is 0 Å². The Hall–Kier alpha value is -5.01. The number of benzene rings is 8. The van der Waals surface area contributed by atoms with Crippen molar-refractivity contribution >= 4 is 64.6 Å². The van der Waals surface area contributed by atoms with E-state index in [2.05, 4.69) is 127 Å². The molecule has 0 aliphatic rings. The Bertz CT molecular complexity index is 2150. The summed E-state index contributed by atoms with van der Waals surface area (Å²) in [5, 5.41) is 15.5. The topological polar surface area (TPSA) is 12.9 Å². The third kappa shape index (κ3) is 2.63. The zero-order chi connectivity index (χ0) is 24.8. The summed E-state index contributed by atoms with van der Waals surface area (Å²) in [7, 11) is 0. The highest BCUT2D eigenvalue weighted by molar-refractivity contribution is 6.26. The van der Waals surface area contributed by atoms with Crippen LogP contribution in [0.25, 0.3) is 87.1 Å². The Kier molecular flexibility index (Phi) is 3.85. The molecule has 0 fully saturated rings. The van der Waals surface area contributed by atoms with E-state index in [1.807, 2.05) is 0 Å². The molecule has 174 valence electrons. The van der Waals surface area contributed by atoms with Crippen LogP contribution in [0.2, 0.25) is 0 Å². The Morgan fingerprint density at radius 2 is 0.632 bits per heavy atom. The fourth-order valence-corrected chi connectivity index (χ4v) is 6.65. The second-order valence-electron chi connectivity index (χ2n) is 10.3. The maximum Gasteiger partial charge on any atom is 0.0715 e. The van der Waals surface area contributed by atoms with Gasteiger partial charge in [-0.1, -0.05) is 115 Å². The highest BCUT2D eigenvalue weighted by atomic mass is 14.7. The fraction of sp³-hybridized carbons (Fsp3) is 0. The summed E-state index contributed by atoms with van der Waals surface area (Å²) in [5.74, 6) is 0. The number of pyridine rings is 1. The summed E-state index contributed by atoms with van der Waals surface area (Å²) < 4.78 is 0.